The molecule has 0 saturated carbocycles. The van der Waals surface area contributed by atoms with Crippen molar-refractivity contribution in [2.24, 2.45) is 0 Å². The van der Waals surface area contributed by atoms with Gasteiger partial charge >= 0.3 is 5.97 Å². The lowest BCUT2D eigenvalue weighted by Gasteiger charge is -2.04. The maximum Gasteiger partial charge on any atom is 0.348 e. The van der Waals surface area contributed by atoms with Gasteiger partial charge in [0.25, 0.3) is 0 Å². The second-order valence-corrected chi connectivity index (χ2v) is 2.52. The molecule has 0 saturated heterocycles. The van der Waals surface area contributed by atoms with Crippen LogP contribution in [0.1, 0.15) is 47.5 Å². The highest BCUT2D eigenvalue weighted by atomic mass is 16.5. The first-order chi connectivity index (χ1) is 7.21. The topological polar surface area (TPSA) is 50.1 Å². The Morgan fingerprint density at radius 2 is 1.67 bits per heavy atom. The number of allylic oxidation sites excluding steroid dienone is 1. The number of carbonyl (C=O) groups is 1. The maximum atomic E-state index is 11.2. The zero-order valence-corrected chi connectivity index (χ0v) is 10.4. The monoisotopic (exact) mass is 211 g/mol. The van der Waals surface area contributed by atoms with Gasteiger partial charge in [0.2, 0.25) is 0 Å². The summed E-state index contributed by atoms with van der Waals surface area (Å²) in [7, 11) is 0. The average Bonchev–Trinajstić information content (AvgIpc) is 2.28. The maximum absolute atomic E-state index is 11.2. The van der Waals surface area contributed by atoms with E-state index in [0.717, 1.165) is 18.4 Å². The van der Waals surface area contributed by atoms with Crippen molar-refractivity contribution < 1.29 is 9.53 Å². The summed E-state index contributed by atoms with van der Waals surface area (Å²) >= 11 is 0. The fraction of sp³-hybridized carbons (Fsp3) is 0.667. The quantitative estimate of drug-likeness (QED) is 0.407. The molecule has 0 aliphatic carbocycles. The van der Waals surface area contributed by atoms with Gasteiger partial charge in [-0.2, -0.15) is 5.26 Å². The average molecular weight is 211 g/mol. The minimum atomic E-state index is -0.497. The summed E-state index contributed by atoms with van der Waals surface area (Å²) in [6, 6.07) is 1.89. The second-order valence-electron chi connectivity index (χ2n) is 2.52. The van der Waals surface area contributed by atoms with E-state index >= 15 is 0 Å². The molecule has 0 aliphatic rings. The highest BCUT2D eigenvalue weighted by molar-refractivity contribution is 5.93. The summed E-state index contributed by atoms with van der Waals surface area (Å²) in [5, 5.41) is 8.75. The van der Waals surface area contributed by atoms with Crippen LogP contribution in [0.25, 0.3) is 0 Å². The molecule has 0 radical (unpaired) electrons. The number of carbonyl (C=O) groups excluding carboxylic acids is 1. The lowest BCUT2D eigenvalue weighted by Crippen LogP contribution is -2.08. The van der Waals surface area contributed by atoms with Crippen LogP contribution in [-0.2, 0) is 9.53 Å². The summed E-state index contributed by atoms with van der Waals surface area (Å²) in [6.07, 6.45) is 1.44. The third-order valence-electron chi connectivity index (χ3n) is 1.80. The zero-order valence-electron chi connectivity index (χ0n) is 10.4. The predicted molar refractivity (Wildman–Crippen MR) is 61.2 cm³/mol. The summed E-state index contributed by atoms with van der Waals surface area (Å²) in [6.45, 7) is 9.89. The standard InChI is InChI=1S/C10H15NO2.C2H6/c1-4-8(5-2)9(7-11)10(12)13-6-3;1-2/h4-6H2,1-3H3;1-2H3. The molecule has 0 unspecified atom stereocenters. The fourth-order valence-electron chi connectivity index (χ4n) is 1.08. The van der Waals surface area contributed by atoms with Crippen LogP contribution in [0.2, 0.25) is 0 Å². The summed E-state index contributed by atoms with van der Waals surface area (Å²) in [4.78, 5) is 11.2. The van der Waals surface area contributed by atoms with E-state index < -0.39 is 5.97 Å². The van der Waals surface area contributed by atoms with E-state index in [1.165, 1.54) is 0 Å². The molecule has 0 fully saturated rings. The third kappa shape index (κ3) is 5.90. The summed E-state index contributed by atoms with van der Waals surface area (Å²) in [5.74, 6) is -0.497. The first-order valence-corrected chi connectivity index (χ1v) is 5.50. The van der Waals surface area contributed by atoms with Gasteiger partial charge in [0, 0.05) is 0 Å². The largest absolute Gasteiger partial charge is 0.462 e. The SMILES string of the molecule is CC.CCOC(=O)C(C#N)=C(CC)CC. The lowest BCUT2D eigenvalue weighted by atomic mass is 10.0. The normalized spacial score (nSPS) is 8.00. The van der Waals surface area contributed by atoms with E-state index in [4.69, 9.17) is 10.00 Å². The lowest BCUT2D eigenvalue weighted by molar-refractivity contribution is -0.138. The number of esters is 1. The van der Waals surface area contributed by atoms with Crippen molar-refractivity contribution >= 4 is 5.97 Å². The fourth-order valence-corrected chi connectivity index (χ4v) is 1.08. The Hall–Kier alpha value is -1.30. The number of ether oxygens (including phenoxy) is 1. The first kappa shape index (κ1) is 16.1. The minimum absolute atomic E-state index is 0.173. The number of hydrogen-bond donors (Lipinski definition) is 0. The molecule has 0 heterocycles. The van der Waals surface area contributed by atoms with Crippen LogP contribution in [0.15, 0.2) is 11.1 Å². The molecule has 0 aliphatic heterocycles. The summed E-state index contributed by atoms with van der Waals surface area (Å²) in [5.41, 5.74) is 1.04. The van der Waals surface area contributed by atoms with Crippen molar-refractivity contribution in [3.8, 4) is 6.07 Å². The molecular formula is C12H21NO2. The molecule has 0 aromatic carbocycles. The van der Waals surface area contributed by atoms with Gasteiger partial charge in [0.15, 0.2) is 0 Å². The van der Waals surface area contributed by atoms with Crippen molar-refractivity contribution in [3.05, 3.63) is 11.1 Å². The van der Waals surface area contributed by atoms with Gasteiger partial charge in [-0.25, -0.2) is 4.79 Å². The van der Waals surface area contributed by atoms with Crippen LogP contribution in [0.5, 0.6) is 0 Å². The van der Waals surface area contributed by atoms with E-state index in [1.54, 1.807) is 6.92 Å². The van der Waals surface area contributed by atoms with Crippen LogP contribution >= 0.6 is 0 Å². The molecule has 86 valence electrons. The van der Waals surface area contributed by atoms with Crippen LogP contribution in [-0.4, -0.2) is 12.6 Å². The van der Waals surface area contributed by atoms with Gasteiger partial charge in [-0.1, -0.05) is 27.7 Å². The van der Waals surface area contributed by atoms with Gasteiger partial charge in [-0.05, 0) is 25.3 Å². The highest BCUT2D eigenvalue weighted by Crippen LogP contribution is 2.13. The third-order valence-corrected chi connectivity index (χ3v) is 1.80. The van der Waals surface area contributed by atoms with E-state index in [-0.39, 0.29) is 5.57 Å². The Morgan fingerprint density at radius 1 is 1.20 bits per heavy atom. The van der Waals surface area contributed by atoms with Gasteiger partial charge in [0.05, 0.1) is 6.61 Å². The number of hydrogen-bond acceptors (Lipinski definition) is 3. The minimum Gasteiger partial charge on any atom is -0.462 e. The number of rotatable bonds is 4. The number of nitriles is 1. The van der Waals surface area contributed by atoms with Crippen molar-refractivity contribution in [1.82, 2.24) is 0 Å². The molecule has 0 aromatic rings. The molecule has 3 heteroatoms. The van der Waals surface area contributed by atoms with Crippen LogP contribution < -0.4 is 0 Å². The Bertz CT molecular complexity index is 243. The Labute approximate surface area is 92.7 Å². The van der Waals surface area contributed by atoms with E-state index in [1.807, 2.05) is 33.8 Å². The molecule has 0 atom stereocenters. The van der Waals surface area contributed by atoms with Gasteiger partial charge < -0.3 is 4.74 Å². The Kier molecular flexibility index (Phi) is 11.6. The molecule has 3 nitrogen and oxygen atoms in total. The highest BCUT2D eigenvalue weighted by Gasteiger charge is 2.13. The smallest absolute Gasteiger partial charge is 0.348 e. The van der Waals surface area contributed by atoms with E-state index in [9.17, 15) is 4.79 Å². The molecule has 0 spiro atoms. The van der Waals surface area contributed by atoms with Crippen LogP contribution in [0.3, 0.4) is 0 Å². The molecular weight excluding hydrogens is 190 g/mol. The summed E-state index contributed by atoms with van der Waals surface area (Å²) < 4.78 is 4.76. The first-order valence-electron chi connectivity index (χ1n) is 5.50. The van der Waals surface area contributed by atoms with Crippen molar-refractivity contribution in [2.45, 2.75) is 47.5 Å². The Morgan fingerprint density at radius 3 is 1.93 bits per heavy atom. The van der Waals surface area contributed by atoms with Crippen molar-refractivity contribution in [1.29, 1.82) is 5.26 Å². The molecule has 0 N–H and O–H groups in total. The molecule has 0 aromatic heterocycles. The van der Waals surface area contributed by atoms with Gasteiger partial charge in [0.1, 0.15) is 11.6 Å². The van der Waals surface area contributed by atoms with Crippen molar-refractivity contribution in [2.75, 3.05) is 6.61 Å². The zero-order chi connectivity index (χ0) is 12.3. The number of nitrogens with zero attached hydrogens (tertiary/aromatic N) is 1. The van der Waals surface area contributed by atoms with E-state index in [0.29, 0.717) is 6.61 Å². The van der Waals surface area contributed by atoms with Gasteiger partial charge in [-0.15, -0.1) is 0 Å². The molecule has 15 heavy (non-hydrogen) atoms. The van der Waals surface area contributed by atoms with Crippen molar-refractivity contribution in [3.63, 3.8) is 0 Å². The Balaban J connectivity index is 0. The predicted octanol–water partition coefficient (Wildman–Crippen LogP) is 3.22. The molecule has 0 rings (SSSR count). The molecule has 0 bridgehead atoms. The second kappa shape index (κ2) is 10.8. The van der Waals surface area contributed by atoms with Crippen LogP contribution in [0.4, 0.5) is 0 Å². The van der Waals surface area contributed by atoms with Gasteiger partial charge in [-0.3, -0.25) is 0 Å². The van der Waals surface area contributed by atoms with Crippen LogP contribution in [0, 0.1) is 11.3 Å². The van der Waals surface area contributed by atoms with E-state index in [2.05, 4.69) is 0 Å². The molecule has 0 amide bonds.